The molecule has 1 saturated heterocycles. The Bertz CT molecular complexity index is 1340. The Labute approximate surface area is 190 Å². The zero-order valence-electron chi connectivity index (χ0n) is 18.6. The number of fused-ring (bicyclic) bond motifs is 5. The molecule has 1 aliphatic carbocycles. The van der Waals surface area contributed by atoms with Crippen molar-refractivity contribution < 1.29 is 14.2 Å². The molecule has 1 unspecified atom stereocenters. The predicted molar refractivity (Wildman–Crippen MR) is 124 cm³/mol. The van der Waals surface area contributed by atoms with Gasteiger partial charge in [0.2, 0.25) is 0 Å². The zero-order chi connectivity index (χ0) is 22.5. The van der Waals surface area contributed by atoms with Gasteiger partial charge in [0.15, 0.2) is 11.5 Å². The van der Waals surface area contributed by atoms with Crippen LogP contribution in [-0.2, 0) is 13.0 Å². The number of hydrogen-bond acceptors (Lipinski definition) is 6. The monoisotopic (exact) mass is 449 g/mol. The summed E-state index contributed by atoms with van der Waals surface area (Å²) < 4.78 is 18.1. The number of ether oxygens (including phenoxy) is 3. The fourth-order valence-corrected chi connectivity index (χ4v) is 5.86. The third kappa shape index (κ3) is 3.31. The highest BCUT2D eigenvalue weighted by Crippen LogP contribution is 2.45. The molecule has 0 amide bonds. The quantitative estimate of drug-likeness (QED) is 0.634. The van der Waals surface area contributed by atoms with Crippen LogP contribution in [0.15, 0.2) is 39.9 Å². The van der Waals surface area contributed by atoms with E-state index >= 15 is 0 Å². The van der Waals surface area contributed by atoms with Gasteiger partial charge in [-0.05, 0) is 55.0 Å². The molecule has 0 spiro atoms. The maximum atomic E-state index is 13.2. The van der Waals surface area contributed by atoms with Crippen molar-refractivity contribution in [3.05, 3.63) is 62.3 Å². The Morgan fingerprint density at radius 3 is 2.79 bits per heavy atom. The molecule has 0 bridgehead atoms. The number of nitrogens with zero attached hydrogens (tertiary/aromatic N) is 1. The molecule has 1 aromatic heterocycles. The van der Waals surface area contributed by atoms with Crippen molar-refractivity contribution >= 4 is 10.9 Å². The Hall–Kier alpha value is -3.26. The van der Waals surface area contributed by atoms with Crippen molar-refractivity contribution in [3.8, 4) is 17.2 Å². The number of hydrogen-bond donors (Lipinski definition) is 2. The van der Waals surface area contributed by atoms with Gasteiger partial charge in [-0.3, -0.25) is 9.36 Å². The van der Waals surface area contributed by atoms with Gasteiger partial charge < -0.3 is 24.5 Å². The van der Waals surface area contributed by atoms with E-state index in [0.717, 1.165) is 25.1 Å². The summed E-state index contributed by atoms with van der Waals surface area (Å²) in [5, 5.41) is 4.09. The van der Waals surface area contributed by atoms with Crippen LogP contribution in [0.4, 0.5) is 0 Å². The summed E-state index contributed by atoms with van der Waals surface area (Å²) in [6.45, 7) is 2.20. The average Bonchev–Trinajstić information content (AvgIpc) is 3.26. The summed E-state index contributed by atoms with van der Waals surface area (Å²) in [7, 11) is 1.72. The third-order valence-electron chi connectivity index (χ3n) is 7.41. The van der Waals surface area contributed by atoms with Crippen LogP contribution in [0.3, 0.4) is 0 Å². The average molecular weight is 450 g/mol. The van der Waals surface area contributed by atoms with Crippen LogP contribution < -0.4 is 30.8 Å². The summed E-state index contributed by atoms with van der Waals surface area (Å²) in [5.74, 6) is 2.96. The third-order valence-corrected chi connectivity index (χ3v) is 7.41. The molecule has 0 radical (unpaired) electrons. The topological polar surface area (TPSA) is 94.6 Å². The molecule has 3 aromatic rings. The minimum Gasteiger partial charge on any atom is -0.496 e. The Morgan fingerprint density at radius 2 is 1.97 bits per heavy atom. The van der Waals surface area contributed by atoms with Gasteiger partial charge in [0.1, 0.15) is 19.0 Å². The van der Waals surface area contributed by atoms with Crippen molar-refractivity contribution in [2.45, 2.75) is 37.8 Å². The lowest BCUT2D eigenvalue weighted by Gasteiger charge is -2.32. The molecule has 172 valence electrons. The molecule has 0 saturated carbocycles. The van der Waals surface area contributed by atoms with E-state index in [0.29, 0.717) is 60.4 Å². The molecule has 2 aliphatic heterocycles. The number of aromatic amines is 1. The molecule has 2 aromatic carbocycles. The van der Waals surface area contributed by atoms with Gasteiger partial charge >= 0.3 is 5.69 Å². The molecule has 3 heterocycles. The smallest absolute Gasteiger partial charge is 0.328 e. The largest absolute Gasteiger partial charge is 0.496 e. The first-order chi connectivity index (χ1) is 16.1. The van der Waals surface area contributed by atoms with Gasteiger partial charge in [0.05, 0.1) is 18.0 Å². The SMILES string of the molecule is COc1cccc2c1CC[C@H]1CNC(CCn3c(=O)[nH]c4cc5c(cc4c3=O)OCCO5)[C@@H]21. The molecule has 3 aliphatic rings. The normalized spacial score (nSPS) is 23.2. The number of aromatic nitrogens is 2. The van der Waals surface area contributed by atoms with Crippen LogP contribution in [0.2, 0.25) is 0 Å². The van der Waals surface area contributed by atoms with E-state index in [4.69, 9.17) is 14.2 Å². The van der Waals surface area contributed by atoms with Crippen molar-refractivity contribution in [2.75, 3.05) is 26.9 Å². The first-order valence-electron chi connectivity index (χ1n) is 11.6. The predicted octanol–water partition coefficient (Wildman–Crippen LogP) is 2.18. The second-order valence-corrected chi connectivity index (χ2v) is 9.08. The van der Waals surface area contributed by atoms with Gasteiger partial charge in [-0.1, -0.05) is 12.1 Å². The zero-order valence-corrected chi connectivity index (χ0v) is 18.6. The number of methoxy groups -OCH3 is 1. The molecule has 33 heavy (non-hydrogen) atoms. The number of nitrogens with one attached hydrogen (secondary N) is 2. The summed E-state index contributed by atoms with van der Waals surface area (Å²) in [6, 6.07) is 9.83. The Kier molecular flexibility index (Phi) is 4.90. The van der Waals surface area contributed by atoms with Crippen molar-refractivity contribution in [1.82, 2.24) is 14.9 Å². The van der Waals surface area contributed by atoms with Crippen LogP contribution in [-0.4, -0.2) is 42.5 Å². The van der Waals surface area contributed by atoms with Gasteiger partial charge in [-0.2, -0.15) is 0 Å². The molecule has 8 nitrogen and oxygen atoms in total. The van der Waals surface area contributed by atoms with Gasteiger partial charge in [0, 0.05) is 24.6 Å². The van der Waals surface area contributed by atoms with E-state index in [1.807, 2.05) is 6.07 Å². The van der Waals surface area contributed by atoms with Crippen LogP contribution >= 0.6 is 0 Å². The molecule has 8 heteroatoms. The van der Waals surface area contributed by atoms with Crippen molar-refractivity contribution in [3.63, 3.8) is 0 Å². The first-order valence-corrected chi connectivity index (χ1v) is 11.6. The van der Waals surface area contributed by atoms with E-state index < -0.39 is 5.69 Å². The fraction of sp³-hybridized carbons (Fsp3) is 0.440. The lowest BCUT2D eigenvalue weighted by atomic mass is 9.73. The van der Waals surface area contributed by atoms with Crippen LogP contribution in [0.5, 0.6) is 17.2 Å². The molecule has 3 atom stereocenters. The standard InChI is InChI=1S/C25H27N3O5/c1-31-20-4-2-3-16-15(20)6-5-14-13-26-18(23(14)16)7-8-28-24(29)17-11-21-22(33-10-9-32-21)12-19(17)27-25(28)30/h2-4,11-12,14,18,23,26H,5-10,13H2,1H3,(H,27,30)/t14-,18?,23+/m0/s1. The molecular formula is C25H27N3O5. The minimum absolute atomic E-state index is 0.198. The van der Waals surface area contributed by atoms with Crippen LogP contribution in [0.25, 0.3) is 10.9 Å². The second kappa shape index (κ2) is 7.95. The van der Waals surface area contributed by atoms with Gasteiger partial charge in [-0.15, -0.1) is 0 Å². The lowest BCUT2D eigenvalue weighted by molar-refractivity contribution is 0.172. The highest BCUT2D eigenvalue weighted by molar-refractivity contribution is 5.81. The second-order valence-electron chi connectivity index (χ2n) is 9.08. The fourth-order valence-electron chi connectivity index (χ4n) is 5.86. The van der Waals surface area contributed by atoms with Crippen LogP contribution in [0.1, 0.15) is 29.9 Å². The summed E-state index contributed by atoms with van der Waals surface area (Å²) in [5.41, 5.74) is 2.40. The maximum absolute atomic E-state index is 13.2. The molecular weight excluding hydrogens is 422 g/mol. The van der Waals surface area contributed by atoms with E-state index in [2.05, 4.69) is 22.4 Å². The number of benzene rings is 2. The summed E-state index contributed by atoms with van der Waals surface area (Å²) in [6.07, 6.45) is 2.83. The van der Waals surface area contributed by atoms with Crippen molar-refractivity contribution in [2.24, 2.45) is 5.92 Å². The minimum atomic E-state index is -0.399. The van der Waals surface area contributed by atoms with E-state index in [9.17, 15) is 9.59 Å². The highest BCUT2D eigenvalue weighted by atomic mass is 16.6. The lowest BCUT2D eigenvalue weighted by Crippen LogP contribution is -2.38. The van der Waals surface area contributed by atoms with Crippen molar-refractivity contribution in [1.29, 1.82) is 0 Å². The van der Waals surface area contributed by atoms with Crippen LogP contribution in [0, 0.1) is 5.92 Å². The summed E-state index contributed by atoms with van der Waals surface area (Å²) >= 11 is 0. The Balaban J connectivity index is 1.30. The van der Waals surface area contributed by atoms with Gasteiger partial charge in [-0.25, -0.2) is 4.79 Å². The highest BCUT2D eigenvalue weighted by Gasteiger charge is 2.40. The molecule has 6 rings (SSSR count). The number of H-pyrrole nitrogens is 1. The summed E-state index contributed by atoms with van der Waals surface area (Å²) in [4.78, 5) is 28.9. The first kappa shape index (κ1) is 20.4. The Morgan fingerprint density at radius 1 is 1.15 bits per heavy atom. The van der Waals surface area contributed by atoms with Gasteiger partial charge in [0.25, 0.3) is 5.56 Å². The van der Waals surface area contributed by atoms with E-state index in [-0.39, 0.29) is 11.6 Å². The molecule has 1 fully saturated rings. The maximum Gasteiger partial charge on any atom is 0.328 e. The molecule has 2 N–H and O–H groups in total. The number of rotatable bonds is 4. The van der Waals surface area contributed by atoms with E-state index in [1.165, 1.54) is 15.7 Å². The van der Waals surface area contributed by atoms with E-state index in [1.54, 1.807) is 19.2 Å².